The molecule has 0 saturated carbocycles. The van der Waals surface area contributed by atoms with E-state index in [1.807, 2.05) is 0 Å². The Hall–Kier alpha value is -0.580. The average molecular weight is 360 g/mol. The minimum Gasteiger partial charge on any atom is -0.286 e. The molecule has 0 radical (unpaired) electrons. The molecule has 0 aromatic rings. The normalized spacial score (nSPS) is 29.5. The van der Waals surface area contributed by atoms with Crippen molar-refractivity contribution in [1.82, 2.24) is 19.9 Å². The Morgan fingerprint density at radius 1 is 0.938 bits per heavy atom. The van der Waals surface area contributed by atoms with Gasteiger partial charge in [0.2, 0.25) is 0 Å². The first-order valence-corrected chi connectivity index (χ1v) is 6.48. The summed E-state index contributed by atoms with van der Waals surface area (Å²) in [6.45, 7) is 0. The monoisotopic (exact) mass is 358 g/mol. The molecule has 2 atom stereocenters. The zero-order chi connectivity index (χ0) is 12.0. The van der Waals surface area contributed by atoms with Crippen molar-refractivity contribution in [2.75, 3.05) is 10.9 Å². The van der Waals surface area contributed by atoms with Gasteiger partial charge < -0.3 is 0 Å². The lowest BCUT2D eigenvalue weighted by molar-refractivity contribution is -0.116. The predicted octanol–water partition coefficient (Wildman–Crippen LogP) is 0.597. The highest BCUT2D eigenvalue weighted by atomic mass is 79.9. The van der Waals surface area contributed by atoms with E-state index in [4.69, 9.17) is 0 Å². The third kappa shape index (κ3) is 1.33. The highest BCUT2D eigenvalue weighted by molar-refractivity contribution is 9.09. The molecule has 2 aliphatic rings. The number of rotatable bonds is 2. The number of urea groups is 2. The van der Waals surface area contributed by atoms with Gasteiger partial charge in [-0.15, -0.1) is 0 Å². The molecule has 8 nitrogen and oxygen atoms in total. The molecule has 2 heterocycles. The molecule has 0 spiro atoms. The van der Waals surface area contributed by atoms with Crippen molar-refractivity contribution < 1.29 is 20.0 Å². The van der Waals surface area contributed by atoms with Crippen molar-refractivity contribution in [3.63, 3.8) is 0 Å². The number of alkyl halides is 2. The van der Waals surface area contributed by atoms with Gasteiger partial charge in [0.1, 0.15) is 0 Å². The summed E-state index contributed by atoms with van der Waals surface area (Å²) < 4.78 is 0. The molecular weight excluding hydrogens is 352 g/mol. The van der Waals surface area contributed by atoms with Crippen LogP contribution < -0.4 is 0 Å². The second-order valence-corrected chi connectivity index (χ2v) is 4.26. The fourth-order valence-corrected chi connectivity index (χ4v) is 2.82. The largest absolute Gasteiger partial charge is 0.348 e. The van der Waals surface area contributed by atoms with Crippen LogP contribution in [0.5, 0.6) is 0 Å². The van der Waals surface area contributed by atoms with Crippen molar-refractivity contribution in [1.29, 1.82) is 0 Å². The van der Waals surface area contributed by atoms with Crippen LogP contribution in [0.3, 0.4) is 0 Å². The molecule has 16 heavy (non-hydrogen) atoms. The van der Waals surface area contributed by atoms with E-state index < -0.39 is 24.4 Å². The highest BCUT2D eigenvalue weighted by Gasteiger charge is 2.59. The van der Waals surface area contributed by atoms with E-state index in [0.29, 0.717) is 10.1 Å². The van der Waals surface area contributed by atoms with E-state index in [-0.39, 0.29) is 10.9 Å². The van der Waals surface area contributed by atoms with Crippen LogP contribution in [0.2, 0.25) is 0 Å². The number of hydroxylamine groups is 4. The summed E-state index contributed by atoms with van der Waals surface area (Å²) >= 11 is 6.12. The van der Waals surface area contributed by atoms with E-state index >= 15 is 0 Å². The van der Waals surface area contributed by atoms with Crippen LogP contribution in [0.15, 0.2) is 0 Å². The number of hydrogen-bond donors (Lipinski definition) is 2. The molecule has 4 amide bonds. The summed E-state index contributed by atoms with van der Waals surface area (Å²) in [7, 11) is 0. The fourth-order valence-electron chi connectivity index (χ4n) is 1.80. The van der Waals surface area contributed by atoms with Gasteiger partial charge in [0.05, 0.1) is 10.9 Å². The lowest BCUT2D eigenvalue weighted by Crippen LogP contribution is -2.44. The predicted molar refractivity (Wildman–Crippen MR) is 56.9 cm³/mol. The summed E-state index contributed by atoms with van der Waals surface area (Å²) in [5.74, 6) is 0. The van der Waals surface area contributed by atoms with Crippen LogP contribution in [0, 0.1) is 0 Å². The Labute approximate surface area is 107 Å². The number of carbonyl (C=O) groups is 2. The third-order valence-electron chi connectivity index (χ3n) is 2.55. The van der Waals surface area contributed by atoms with Gasteiger partial charge in [0.25, 0.3) is 0 Å². The van der Waals surface area contributed by atoms with Gasteiger partial charge in [0, 0.05) is 0 Å². The van der Waals surface area contributed by atoms with Gasteiger partial charge >= 0.3 is 12.1 Å². The molecular formula is C6H8Br2N4O4. The van der Waals surface area contributed by atoms with Crippen molar-refractivity contribution in [3.8, 4) is 0 Å². The molecule has 2 rings (SSSR count). The average Bonchev–Trinajstić information content (AvgIpc) is 2.66. The smallest absolute Gasteiger partial charge is 0.286 e. The summed E-state index contributed by atoms with van der Waals surface area (Å²) in [4.78, 5) is 25.3. The van der Waals surface area contributed by atoms with Crippen molar-refractivity contribution >= 4 is 43.9 Å². The number of fused-ring (bicyclic) bond motifs is 1. The maximum atomic E-state index is 11.5. The number of nitrogens with zero attached hydrogens (tertiary/aromatic N) is 4. The molecule has 0 aromatic carbocycles. The molecule has 2 fully saturated rings. The van der Waals surface area contributed by atoms with Gasteiger partial charge in [-0.3, -0.25) is 20.2 Å². The first-order valence-electron chi connectivity index (χ1n) is 4.24. The number of carbonyl (C=O) groups excluding carboxylic acids is 2. The van der Waals surface area contributed by atoms with Gasteiger partial charge in [-0.1, -0.05) is 31.9 Å². The van der Waals surface area contributed by atoms with Gasteiger partial charge in [-0.25, -0.2) is 9.59 Å². The number of hydrogen-bond acceptors (Lipinski definition) is 4. The van der Waals surface area contributed by atoms with Gasteiger partial charge in [-0.2, -0.15) is 10.1 Å². The fraction of sp³-hybridized carbons (Fsp3) is 0.667. The highest BCUT2D eigenvalue weighted by Crippen LogP contribution is 2.33. The third-order valence-corrected chi connectivity index (χ3v) is 3.63. The van der Waals surface area contributed by atoms with E-state index in [2.05, 4.69) is 31.9 Å². The van der Waals surface area contributed by atoms with Crippen LogP contribution in [0.25, 0.3) is 0 Å². The van der Waals surface area contributed by atoms with E-state index in [1.165, 1.54) is 0 Å². The van der Waals surface area contributed by atoms with Crippen molar-refractivity contribution in [3.05, 3.63) is 0 Å². The summed E-state index contributed by atoms with van der Waals surface area (Å²) in [6.07, 6.45) is -1.83. The summed E-state index contributed by atoms with van der Waals surface area (Å²) in [5.41, 5.74) is 0.203. The van der Waals surface area contributed by atoms with Gasteiger partial charge in [-0.05, 0) is 0 Å². The molecule has 10 heteroatoms. The molecule has 90 valence electrons. The summed E-state index contributed by atoms with van der Waals surface area (Å²) in [5, 5.41) is 20.0. The van der Waals surface area contributed by atoms with Crippen LogP contribution in [-0.2, 0) is 0 Å². The van der Waals surface area contributed by atoms with Gasteiger partial charge in [0.15, 0.2) is 12.3 Å². The van der Waals surface area contributed by atoms with E-state index in [0.717, 1.165) is 9.80 Å². The SMILES string of the molecule is O=C1N(O)C2C(N(O)C(=O)N2CBr)N1CBr. The second-order valence-electron chi connectivity index (χ2n) is 3.26. The minimum atomic E-state index is -0.915. The number of amides is 4. The maximum Gasteiger partial charge on any atom is 0.348 e. The maximum absolute atomic E-state index is 11.5. The molecule has 0 bridgehead atoms. The lowest BCUT2D eigenvalue weighted by Gasteiger charge is -2.22. The van der Waals surface area contributed by atoms with Crippen LogP contribution in [0.4, 0.5) is 9.59 Å². The summed E-state index contributed by atoms with van der Waals surface area (Å²) in [6, 6.07) is -1.35. The molecule has 2 saturated heterocycles. The van der Waals surface area contributed by atoms with Crippen LogP contribution in [0.1, 0.15) is 0 Å². The molecule has 0 aliphatic carbocycles. The van der Waals surface area contributed by atoms with Crippen LogP contribution in [-0.4, -0.2) is 65.6 Å². The van der Waals surface area contributed by atoms with Crippen LogP contribution >= 0.6 is 31.9 Å². The zero-order valence-corrected chi connectivity index (χ0v) is 11.0. The zero-order valence-electron chi connectivity index (χ0n) is 7.82. The minimum absolute atomic E-state index is 0.102. The molecule has 0 aromatic heterocycles. The lowest BCUT2D eigenvalue weighted by atomic mass is 10.4. The quantitative estimate of drug-likeness (QED) is 0.429. The molecule has 2 N–H and O–H groups in total. The van der Waals surface area contributed by atoms with Crippen molar-refractivity contribution in [2.24, 2.45) is 0 Å². The number of halogens is 2. The first kappa shape index (κ1) is 11.9. The first-order chi connectivity index (χ1) is 7.54. The Kier molecular flexibility index (Phi) is 2.99. The standard InChI is InChI=1S/C6H8Br2N4O4/c7-1-9-3-4(12(16)5(9)13)10(2-8)6(14)11(3)15/h3-4,15-16H,1-2H2. The molecule has 2 aliphatic heterocycles. The Morgan fingerprint density at radius 2 is 1.25 bits per heavy atom. The van der Waals surface area contributed by atoms with E-state index in [9.17, 15) is 20.0 Å². The van der Waals surface area contributed by atoms with E-state index in [1.54, 1.807) is 0 Å². The Balaban J connectivity index is 2.37. The van der Waals surface area contributed by atoms with Crippen molar-refractivity contribution in [2.45, 2.75) is 12.3 Å². The Bertz CT molecular complexity index is 310. The molecule has 2 unspecified atom stereocenters. The Morgan fingerprint density at radius 3 is 1.50 bits per heavy atom. The second kappa shape index (κ2) is 4.02. The topological polar surface area (TPSA) is 87.6 Å².